The fraction of sp³-hybridized carbons (Fsp3) is 0. The molecule has 0 atom stereocenters. The molecule has 0 saturated carbocycles. The molecule has 0 aliphatic rings. The van der Waals surface area contributed by atoms with E-state index < -0.39 is 10.0 Å². The van der Waals surface area contributed by atoms with E-state index in [-0.39, 0.29) is 10.7 Å². The van der Waals surface area contributed by atoms with Gasteiger partial charge in [-0.05, 0) is 36.4 Å². The van der Waals surface area contributed by atoms with Gasteiger partial charge in [0.05, 0.1) is 5.52 Å². The standard InChI is InChI=1S/C17H14N2O3S/c1-12(20)13-7-9-15(10-8-13)19-23(21,22)16-6-2-4-14-5-3-11-18-17(14)16/h2-11,19-20H,1H2. The minimum atomic E-state index is -3.77. The first kappa shape index (κ1) is 15.1. The van der Waals surface area contributed by atoms with E-state index in [1.807, 2.05) is 12.1 Å². The highest BCUT2D eigenvalue weighted by atomic mass is 32.2. The summed E-state index contributed by atoms with van der Waals surface area (Å²) in [6, 6.07) is 14.9. The van der Waals surface area contributed by atoms with E-state index in [0.29, 0.717) is 16.8 Å². The van der Waals surface area contributed by atoms with Gasteiger partial charge >= 0.3 is 0 Å². The largest absolute Gasteiger partial charge is 0.508 e. The van der Waals surface area contributed by atoms with Crippen LogP contribution in [0.5, 0.6) is 0 Å². The summed E-state index contributed by atoms with van der Waals surface area (Å²) in [5.41, 5.74) is 1.34. The van der Waals surface area contributed by atoms with Gasteiger partial charge in [0.15, 0.2) is 0 Å². The molecule has 0 aliphatic heterocycles. The molecule has 0 aliphatic carbocycles. The van der Waals surface area contributed by atoms with Crippen molar-refractivity contribution in [2.24, 2.45) is 0 Å². The third kappa shape index (κ3) is 3.02. The molecule has 0 spiro atoms. The van der Waals surface area contributed by atoms with Crippen molar-refractivity contribution < 1.29 is 13.5 Å². The molecule has 23 heavy (non-hydrogen) atoms. The van der Waals surface area contributed by atoms with Crippen LogP contribution in [0, 0.1) is 0 Å². The second-order valence-corrected chi connectivity index (χ2v) is 6.61. The lowest BCUT2D eigenvalue weighted by Gasteiger charge is -2.10. The van der Waals surface area contributed by atoms with Crippen molar-refractivity contribution in [3.05, 3.63) is 72.9 Å². The predicted molar refractivity (Wildman–Crippen MR) is 90.7 cm³/mol. The number of pyridine rings is 1. The number of aliphatic hydroxyl groups excluding tert-OH is 1. The molecule has 3 rings (SSSR count). The summed E-state index contributed by atoms with van der Waals surface area (Å²) in [5, 5.41) is 10.1. The van der Waals surface area contributed by atoms with E-state index in [9.17, 15) is 13.5 Å². The first-order valence-electron chi connectivity index (χ1n) is 6.82. The van der Waals surface area contributed by atoms with Crippen LogP contribution in [-0.2, 0) is 10.0 Å². The van der Waals surface area contributed by atoms with Gasteiger partial charge in [0.1, 0.15) is 10.7 Å². The zero-order valence-corrected chi connectivity index (χ0v) is 12.9. The van der Waals surface area contributed by atoms with Gasteiger partial charge in [-0.3, -0.25) is 9.71 Å². The molecule has 0 amide bonds. The minimum Gasteiger partial charge on any atom is -0.508 e. The van der Waals surface area contributed by atoms with Crippen LogP contribution in [0.2, 0.25) is 0 Å². The van der Waals surface area contributed by atoms with Crippen molar-refractivity contribution in [2.75, 3.05) is 4.72 Å². The molecule has 116 valence electrons. The van der Waals surface area contributed by atoms with Crippen molar-refractivity contribution >= 4 is 32.4 Å². The number of hydrogen-bond acceptors (Lipinski definition) is 4. The van der Waals surface area contributed by atoms with Gasteiger partial charge < -0.3 is 5.11 Å². The summed E-state index contributed by atoms with van der Waals surface area (Å²) < 4.78 is 27.7. The van der Waals surface area contributed by atoms with Crippen LogP contribution in [0.15, 0.2) is 72.3 Å². The molecule has 0 radical (unpaired) electrons. The molecule has 3 aromatic rings. The van der Waals surface area contributed by atoms with Crippen LogP contribution in [0.4, 0.5) is 5.69 Å². The smallest absolute Gasteiger partial charge is 0.264 e. The number of nitrogens with zero attached hydrogens (tertiary/aromatic N) is 1. The maximum absolute atomic E-state index is 12.6. The molecule has 5 nitrogen and oxygen atoms in total. The molecular weight excluding hydrogens is 312 g/mol. The second-order valence-electron chi connectivity index (χ2n) is 4.96. The number of fused-ring (bicyclic) bond motifs is 1. The molecule has 0 bridgehead atoms. The summed E-state index contributed by atoms with van der Waals surface area (Å²) in [4.78, 5) is 4.28. The van der Waals surface area contributed by atoms with Crippen LogP contribution in [0.1, 0.15) is 5.56 Å². The van der Waals surface area contributed by atoms with E-state index >= 15 is 0 Å². The Morgan fingerprint density at radius 3 is 2.43 bits per heavy atom. The highest BCUT2D eigenvalue weighted by molar-refractivity contribution is 7.93. The number of rotatable bonds is 4. The second kappa shape index (κ2) is 5.73. The van der Waals surface area contributed by atoms with Gasteiger partial charge in [0, 0.05) is 22.8 Å². The van der Waals surface area contributed by atoms with Crippen molar-refractivity contribution in [1.29, 1.82) is 0 Å². The van der Waals surface area contributed by atoms with Crippen molar-refractivity contribution in [2.45, 2.75) is 4.90 Å². The van der Waals surface area contributed by atoms with Crippen LogP contribution in [-0.4, -0.2) is 18.5 Å². The van der Waals surface area contributed by atoms with Gasteiger partial charge in [-0.25, -0.2) is 8.42 Å². The fourth-order valence-corrected chi connectivity index (χ4v) is 3.47. The maximum atomic E-state index is 12.6. The summed E-state index contributed by atoms with van der Waals surface area (Å²) >= 11 is 0. The molecular formula is C17H14N2O3S. The Morgan fingerprint density at radius 2 is 1.74 bits per heavy atom. The Kier molecular flexibility index (Phi) is 3.75. The fourth-order valence-electron chi connectivity index (χ4n) is 2.23. The maximum Gasteiger partial charge on any atom is 0.264 e. The van der Waals surface area contributed by atoms with Crippen LogP contribution < -0.4 is 4.72 Å². The number of anilines is 1. The lowest BCUT2D eigenvalue weighted by Crippen LogP contribution is -2.13. The Hall–Kier alpha value is -2.86. The van der Waals surface area contributed by atoms with Crippen LogP contribution in [0.25, 0.3) is 16.7 Å². The topological polar surface area (TPSA) is 79.3 Å². The number of nitrogens with one attached hydrogen (secondary N) is 1. The number of sulfonamides is 1. The minimum absolute atomic E-state index is 0.0716. The number of hydrogen-bond donors (Lipinski definition) is 2. The third-order valence-corrected chi connectivity index (χ3v) is 4.77. The highest BCUT2D eigenvalue weighted by Gasteiger charge is 2.18. The van der Waals surface area contributed by atoms with Gasteiger partial charge in [-0.1, -0.05) is 24.8 Å². The normalized spacial score (nSPS) is 11.3. The van der Waals surface area contributed by atoms with Crippen molar-refractivity contribution in [3.63, 3.8) is 0 Å². The SMILES string of the molecule is C=C(O)c1ccc(NS(=O)(=O)c2cccc3cccnc23)cc1. The average Bonchev–Trinajstić information content (AvgIpc) is 2.54. The average molecular weight is 326 g/mol. The van der Waals surface area contributed by atoms with Crippen LogP contribution in [0.3, 0.4) is 0 Å². The van der Waals surface area contributed by atoms with Gasteiger partial charge in [-0.15, -0.1) is 0 Å². The van der Waals surface area contributed by atoms with Gasteiger partial charge in [0.2, 0.25) is 0 Å². The summed E-state index contributed by atoms with van der Waals surface area (Å²) in [6.07, 6.45) is 1.56. The summed E-state index contributed by atoms with van der Waals surface area (Å²) in [5.74, 6) is -0.0716. The first-order valence-corrected chi connectivity index (χ1v) is 8.30. The number of aliphatic hydroxyl groups is 1. The van der Waals surface area contributed by atoms with E-state index in [1.165, 1.54) is 6.07 Å². The molecule has 0 saturated heterocycles. The Bertz CT molecular complexity index is 975. The monoisotopic (exact) mass is 326 g/mol. The van der Waals surface area contributed by atoms with Gasteiger partial charge in [0.25, 0.3) is 10.0 Å². The zero-order valence-electron chi connectivity index (χ0n) is 12.1. The Labute approximate surface area is 134 Å². The molecule has 6 heteroatoms. The quantitative estimate of drug-likeness (QED) is 0.718. The number of para-hydroxylation sites is 1. The summed E-state index contributed by atoms with van der Waals surface area (Å²) in [7, 11) is -3.77. The van der Waals surface area contributed by atoms with Crippen molar-refractivity contribution in [3.8, 4) is 0 Å². The molecule has 2 aromatic carbocycles. The van der Waals surface area contributed by atoms with E-state index in [0.717, 1.165) is 5.39 Å². The molecule has 1 heterocycles. The Morgan fingerprint density at radius 1 is 1.04 bits per heavy atom. The molecule has 0 fully saturated rings. The lowest BCUT2D eigenvalue weighted by molar-refractivity contribution is 0.514. The molecule has 1 aromatic heterocycles. The first-order chi connectivity index (χ1) is 11.0. The third-order valence-electron chi connectivity index (χ3n) is 3.36. The molecule has 0 unspecified atom stereocenters. The lowest BCUT2D eigenvalue weighted by atomic mass is 10.2. The predicted octanol–water partition coefficient (Wildman–Crippen LogP) is 3.56. The van der Waals surface area contributed by atoms with Crippen molar-refractivity contribution in [1.82, 2.24) is 4.98 Å². The van der Waals surface area contributed by atoms with E-state index in [2.05, 4.69) is 16.3 Å². The zero-order chi connectivity index (χ0) is 16.4. The van der Waals surface area contributed by atoms with E-state index in [4.69, 9.17) is 0 Å². The van der Waals surface area contributed by atoms with Crippen LogP contribution >= 0.6 is 0 Å². The number of benzene rings is 2. The highest BCUT2D eigenvalue weighted by Crippen LogP contribution is 2.23. The van der Waals surface area contributed by atoms with Gasteiger partial charge in [-0.2, -0.15) is 0 Å². The summed E-state index contributed by atoms with van der Waals surface area (Å²) in [6.45, 7) is 3.42. The Balaban J connectivity index is 1.99. The van der Waals surface area contributed by atoms with E-state index in [1.54, 1.807) is 42.6 Å². The number of aromatic nitrogens is 1. The molecule has 2 N–H and O–H groups in total.